The molecule has 6 heteroatoms. The number of nitrogens with zero attached hydrogens (tertiary/aromatic N) is 1. The number of rotatable bonds is 6. The van der Waals surface area contributed by atoms with Crippen LogP contribution in [0.3, 0.4) is 0 Å². The number of hydrogen-bond acceptors (Lipinski definition) is 3. The van der Waals surface area contributed by atoms with Crippen LogP contribution in [0.25, 0.3) is 0 Å². The van der Waals surface area contributed by atoms with Crippen LogP contribution in [0.15, 0.2) is 18.2 Å². The molecule has 5 nitrogen and oxygen atoms in total. The summed E-state index contributed by atoms with van der Waals surface area (Å²) in [5.41, 5.74) is 0.625. The van der Waals surface area contributed by atoms with Crippen LogP contribution in [0.4, 0.5) is 5.69 Å². The third kappa shape index (κ3) is 4.49. The Balaban J connectivity index is 2.74. The van der Waals surface area contributed by atoms with Gasteiger partial charge in [0, 0.05) is 23.7 Å². The van der Waals surface area contributed by atoms with Crippen molar-refractivity contribution in [1.29, 1.82) is 0 Å². The van der Waals surface area contributed by atoms with Crippen LogP contribution in [0.2, 0.25) is 0 Å². The van der Waals surface area contributed by atoms with Crippen LogP contribution < -0.4 is 5.32 Å². The third-order valence-corrected chi connectivity index (χ3v) is 3.29. The van der Waals surface area contributed by atoms with Crippen molar-refractivity contribution in [1.82, 2.24) is 5.32 Å². The lowest BCUT2D eigenvalue weighted by molar-refractivity contribution is -0.385. The molecule has 0 radical (unpaired) electrons. The number of carbonyl (C=O) groups is 1. The van der Waals surface area contributed by atoms with Crippen LogP contribution in [0.1, 0.15) is 36.2 Å². The fraction of sp³-hybridized carbons (Fsp3) is 0.500. The molecule has 0 bridgehead atoms. The molecule has 0 aliphatic carbocycles. The average Bonchev–Trinajstić information content (AvgIpc) is 2.35. The highest BCUT2D eigenvalue weighted by molar-refractivity contribution is 6.21. The van der Waals surface area contributed by atoms with Crippen LogP contribution in [0.5, 0.6) is 0 Å². The number of nitro benzene ring substituents is 1. The zero-order chi connectivity index (χ0) is 15.3. The molecule has 110 valence electrons. The molecular formula is C14H19ClN2O3. The number of halogens is 1. The fourth-order valence-electron chi connectivity index (χ4n) is 1.96. The number of nitrogens with one attached hydrogen (secondary N) is 1. The summed E-state index contributed by atoms with van der Waals surface area (Å²) in [6, 6.07) is 4.46. The van der Waals surface area contributed by atoms with Gasteiger partial charge in [0.25, 0.3) is 11.6 Å². The second-order valence-electron chi connectivity index (χ2n) is 5.14. The van der Waals surface area contributed by atoms with Crippen molar-refractivity contribution < 1.29 is 9.72 Å². The maximum atomic E-state index is 12.0. The Hall–Kier alpha value is -1.62. The van der Waals surface area contributed by atoms with E-state index in [2.05, 4.69) is 19.2 Å². The molecule has 1 N–H and O–H groups in total. The maximum Gasteiger partial charge on any atom is 0.273 e. The van der Waals surface area contributed by atoms with E-state index in [1.54, 1.807) is 13.0 Å². The molecule has 1 aromatic carbocycles. The second kappa shape index (κ2) is 7.24. The Morgan fingerprint density at radius 2 is 2.10 bits per heavy atom. The molecule has 1 aromatic rings. The average molecular weight is 299 g/mol. The van der Waals surface area contributed by atoms with Crippen LogP contribution >= 0.6 is 11.6 Å². The Bertz CT molecular complexity index is 503. The van der Waals surface area contributed by atoms with E-state index in [-0.39, 0.29) is 17.0 Å². The highest BCUT2D eigenvalue weighted by Crippen LogP contribution is 2.21. The molecule has 0 aromatic heterocycles. The molecule has 1 amide bonds. The van der Waals surface area contributed by atoms with Crippen molar-refractivity contribution in [2.45, 2.75) is 32.6 Å². The van der Waals surface area contributed by atoms with Crippen molar-refractivity contribution in [3.8, 4) is 0 Å². The minimum atomic E-state index is -0.491. The summed E-state index contributed by atoms with van der Waals surface area (Å²) in [7, 11) is 0. The van der Waals surface area contributed by atoms with Gasteiger partial charge in [0.1, 0.15) is 0 Å². The van der Waals surface area contributed by atoms with Gasteiger partial charge in [0.2, 0.25) is 0 Å². The minimum absolute atomic E-state index is 0.0535. The van der Waals surface area contributed by atoms with E-state index in [1.807, 2.05) is 0 Å². The molecule has 0 spiro atoms. The zero-order valence-electron chi connectivity index (χ0n) is 11.9. The number of nitro groups is 1. The van der Waals surface area contributed by atoms with E-state index >= 15 is 0 Å². The summed E-state index contributed by atoms with van der Waals surface area (Å²) < 4.78 is 0. The number of amides is 1. The molecule has 0 saturated carbocycles. The van der Waals surface area contributed by atoms with E-state index in [1.165, 1.54) is 12.1 Å². The fourth-order valence-corrected chi connectivity index (χ4v) is 2.39. The third-order valence-electron chi connectivity index (χ3n) is 2.96. The maximum absolute atomic E-state index is 12.0. The highest BCUT2D eigenvalue weighted by atomic mass is 35.5. The van der Waals surface area contributed by atoms with E-state index < -0.39 is 4.92 Å². The van der Waals surface area contributed by atoms with E-state index in [4.69, 9.17) is 11.6 Å². The van der Waals surface area contributed by atoms with Gasteiger partial charge < -0.3 is 5.32 Å². The largest absolute Gasteiger partial charge is 0.351 e. The molecule has 1 unspecified atom stereocenters. The predicted octanol–water partition coefficient (Wildman–Crippen LogP) is 3.29. The molecule has 1 atom stereocenters. The van der Waals surface area contributed by atoms with E-state index in [0.717, 1.165) is 6.42 Å². The molecule has 20 heavy (non-hydrogen) atoms. The summed E-state index contributed by atoms with van der Waals surface area (Å²) in [5, 5.41) is 13.4. The van der Waals surface area contributed by atoms with Gasteiger partial charge in [0.05, 0.1) is 10.3 Å². The lowest BCUT2D eigenvalue weighted by Gasteiger charge is -2.13. The van der Waals surface area contributed by atoms with Gasteiger partial charge in [-0.25, -0.2) is 0 Å². The molecule has 0 aliphatic heterocycles. The van der Waals surface area contributed by atoms with Gasteiger partial charge in [-0.1, -0.05) is 19.9 Å². The monoisotopic (exact) mass is 298 g/mol. The lowest BCUT2D eigenvalue weighted by Crippen LogP contribution is -2.30. The van der Waals surface area contributed by atoms with Gasteiger partial charge in [0.15, 0.2) is 0 Å². The molecule has 1 rings (SSSR count). The summed E-state index contributed by atoms with van der Waals surface area (Å²) in [5.74, 6) is 0.120. The first-order valence-electron chi connectivity index (χ1n) is 6.49. The second-order valence-corrected chi connectivity index (χ2v) is 5.76. The number of benzene rings is 1. The van der Waals surface area contributed by atoms with Crippen molar-refractivity contribution in [2.75, 3.05) is 6.54 Å². The molecular weight excluding hydrogens is 280 g/mol. The van der Waals surface area contributed by atoms with Crippen LogP contribution in [-0.4, -0.2) is 22.8 Å². The lowest BCUT2D eigenvalue weighted by atomic mass is 10.1. The number of hydrogen-bond donors (Lipinski definition) is 1. The Morgan fingerprint density at radius 1 is 1.45 bits per heavy atom. The van der Waals surface area contributed by atoms with Crippen LogP contribution in [-0.2, 0) is 0 Å². The Morgan fingerprint density at radius 3 is 2.65 bits per heavy atom. The molecule has 0 saturated heterocycles. The smallest absolute Gasteiger partial charge is 0.273 e. The topological polar surface area (TPSA) is 72.2 Å². The first kappa shape index (κ1) is 16.4. The summed E-state index contributed by atoms with van der Waals surface area (Å²) in [6.45, 7) is 6.03. The predicted molar refractivity (Wildman–Crippen MR) is 79.3 cm³/mol. The van der Waals surface area contributed by atoms with Gasteiger partial charge in [-0.15, -0.1) is 11.6 Å². The van der Waals surface area contributed by atoms with Gasteiger partial charge >= 0.3 is 0 Å². The number of alkyl halides is 1. The summed E-state index contributed by atoms with van der Waals surface area (Å²) in [6.07, 6.45) is 0.801. The minimum Gasteiger partial charge on any atom is -0.351 e. The quantitative estimate of drug-likeness (QED) is 0.497. The molecule has 0 fully saturated rings. The number of carbonyl (C=O) groups excluding carboxylic acids is 1. The first-order chi connectivity index (χ1) is 9.32. The summed E-state index contributed by atoms with van der Waals surface area (Å²) >= 11 is 6.11. The normalized spacial score (nSPS) is 12.2. The van der Waals surface area contributed by atoms with Crippen LogP contribution in [0, 0.1) is 23.0 Å². The summed E-state index contributed by atoms with van der Waals surface area (Å²) in [4.78, 5) is 22.4. The highest BCUT2D eigenvalue weighted by Gasteiger charge is 2.18. The van der Waals surface area contributed by atoms with Crippen molar-refractivity contribution in [3.63, 3.8) is 0 Å². The van der Waals surface area contributed by atoms with E-state index in [9.17, 15) is 14.9 Å². The first-order valence-corrected chi connectivity index (χ1v) is 6.92. The van der Waals surface area contributed by atoms with Gasteiger partial charge in [-0.05, 0) is 25.3 Å². The molecule has 0 aliphatic rings. The molecule has 0 heterocycles. The Kier molecular flexibility index (Phi) is 5.95. The SMILES string of the molecule is Cc1c(C(=O)NCC(Cl)CC(C)C)cccc1[N+](=O)[O-]. The van der Waals surface area contributed by atoms with Crippen molar-refractivity contribution in [2.24, 2.45) is 5.92 Å². The van der Waals surface area contributed by atoms with Crippen molar-refractivity contribution in [3.05, 3.63) is 39.4 Å². The van der Waals surface area contributed by atoms with E-state index in [0.29, 0.717) is 23.6 Å². The Labute approximate surface area is 123 Å². The zero-order valence-corrected chi connectivity index (χ0v) is 12.6. The van der Waals surface area contributed by atoms with Gasteiger partial charge in [-0.3, -0.25) is 14.9 Å². The van der Waals surface area contributed by atoms with Gasteiger partial charge in [-0.2, -0.15) is 0 Å². The van der Waals surface area contributed by atoms with Crippen molar-refractivity contribution >= 4 is 23.2 Å². The standard InChI is InChI=1S/C14H19ClN2O3/c1-9(2)7-11(15)8-16-14(18)12-5-4-6-13(10(12)3)17(19)20/h4-6,9,11H,7-8H2,1-3H3,(H,16,18).